The Morgan fingerprint density at radius 1 is 1.17 bits per heavy atom. The monoisotopic (exact) mass is 510 g/mol. The second kappa shape index (κ2) is 10.0. The predicted molar refractivity (Wildman–Crippen MR) is 125 cm³/mol. The van der Waals surface area contributed by atoms with Crippen molar-refractivity contribution < 1.29 is 27.1 Å². The molecule has 0 atom stereocenters. The Morgan fingerprint density at radius 3 is 2.49 bits per heavy atom. The number of pyridine rings is 1. The van der Waals surface area contributed by atoms with Crippen molar-refractivity contribution >= 4 is 28.9 Å². The molecule has 9 nitrogen and oxygen atoms in total. The number of piperazine rings is 1. The van der Waals surface area contributed by atoms with Crippen LogP contribution >= 0.6 is 12.1 Å². The van der Waals surface area contributed by atoms with Crippen LogP contribution in [0.15, 0.2) is 28.7 Å². The van der Waals surface area contributed by atoms with Crippen molar-refractivity contribution in [1.29, 1.82) is 0 Å². The standard InChI is InChI=1S/C22H25F3N6O3S/c1-29(2)35-31-10-8-30(9-11-31)21(32)19-16(12-26)34-20(28-19)14-4-6-15(33-3)18-13(14)5-7-17(27-18)22(23,24)25/h4-7H,8-12,26H2,1-3H3. The first kappa shape index (κ1) is 25.2. The van der Waals surface area contributed by atoms with E-state index in [9.17, 15) is 18.0 Å². The highest BCUT2D eigenvalue weighted by Gasteiger charge is 2.33. The first-order valence-electron chi connectivity index (χ1n) is 10.8. The highest BCUT2D eigenvalue weighted by Crippen LogP contribution is 2.37. The number of aromatic nitrogens is 2. The molecule has 13 heteroatoms. The van der Waals surface area contributed by atoms with Crippen LogP contribution in [0.4, 0.5) is 13.2 Å². The van der Waals surface area contributed by atoms with Crippen LogP contribution in [0, 0.1) is 0 Å². The molecular formula is C22H25F3N6O3S. The fraction of sp³-hybridized carbons (Fsp3) is 0.409. The third-order valence-corrected chi connectivity index (χ3v) is 6.37. The highest BCUT2D eigenvalue weighted by molar-refractivity contribution is 7.94. The average molecular weight is 511 g/mol. The van der Waals surface area contributed by atoms with Crippen LogP contribution in [-0.2, 0) is 12.7 Å². The van der Waals surface area contributed by atoms with Gasteiger partial charge in [-0.1, -0.05) is 0 Å². The molecule has 1 aromatic carbocycles. The number of benzene rings is 1. The van der Waals surface area contributed by atoms with Crippen molar-refractivity contribution in [3.05, 3.63) is 41.4 Å². The number of amides is 1. The maximum atomic E-state index is 13.2. The Bertz CT molecular complexity index is 1230. The van der Waals surface area contributed by atoms with E-state index in [0.29, 0.717) is 37.1 Å². The molecule has 0 saturated carbocycles. The van der Waals surface area contributed by atoms with Crippen LogP contribution in [0.3, 0.4) is 0 Å². The molecule has 1 amide bonds. The van der Waals surface area contributed by atoms with E-state index in [2.05, 4.69) is 14.3 Å². The number of oxazole rings is 1. The van der Waals surface area contributed by atoms with Gasteiger partial charge in [-0.05, 0) is 38.4 Å². The Labute approximate surface area is 204 Å². The SMILES string of the molecule is COc1ccc(-c2nc(C(=O)N3CCN(SN(C)C)CC3)c(CN)o2)c2ccc(C(F)(F)F)nc12. The van der Waals surface area contributed by atoms with E-state index < -0.39 is 11.9 Å². The minimum absolute atomic E-state index is 0.00899. The second-order valence-corrected chi connectivity index (χ2v) is 9.43. The van der Waals surface area contributed by atoms with Crippen LogP contribution in [0.2, 0.25) is 0 Å². The number of fused-ring (bicyclic) bond motifs is 1. The Kier molecular flexibility index (Phi) is 7.22. The quantitative estimate of drug-likeness (QED) is 0.501. The number of nitrogens with zero attached hydrogens (tertiary/aromatic N) is 5. The van der Waals surface area contributed by atoms with Crippen LogP contribution in [0.1, 0.15) is 21.9 Å². The molecule has 0 unspecified atom stereocenters. The van der Waals surface area contributed by atoms with Gasteiger partial charge in [-0.2, -0.15) is 13.2 Å². The summed E-state index contributed by atoms with van der Waals surface area (Å²) >= 11 is 1.59. The van der Waals surface area contributed by atoms with E-state index in [4.69, 9.17) is 14.9 Å². The number of hydrogen-bond acceptors (Lipinski definition) is 9. The fourth-order valence-corrected chi connectivity index (χ4v) is 4.62. The minimum Gasteiger partial charge on any atom is -0.494 e. The lowest BCUT2D eigenvalue weighted by molar-refractivity contribution is -0.140. The van der Waals surface area contributed by atoms with Gasteiger partial charge in [0.25, 0.3) is 5.91 Å². The van der Waals surface area contributed by atoms with Crippen molar-refractivity contribution in [2.45, 2.75) is 12.7 Å². The molecule has 0 radical (unpaired) electrons. The normalized spacial score (nSPS) is 15.3. The summed E-state index contributed by atoms with van der Waals surface area (Å²) in [5.74, 6) is 0.152. The van der Waals surface area contributed by atoms with Crippen LogP contribution in [0.25, 0.3) is 22.4 Å². The lowest BCUT2D eigenvalue weighted by Gasteiger charge is -2.34. The zero-order valence-electron chi connectivity index (χ0n) is 19.4. The van der Waals surface area contributed by atoms with Crippen molar-refractivity contribution in [3.63, 3.8) is 0 Å². The summed E-state index contributed by atoms with van der Waals surface area (Å²) < 4.78 is 54.9. The van der Waals surface area contributed by atoms with Crippen molar-refractivity contribution in [2.24, 2.45) is 5.73 Å². The number of carbonyl (C=O) groups is 1. The van der Waals surface area contributed by atoms with Gasteiger partial charge >= 0.3 is 6.18 Å². The Balaban J connectivity index is 1.68. The van der Waals surface area contributed by atoms with Crippen LogP contribution in [0.5, 0.6) is 5.75 Å². The molecule has 1 saturated heterocycles. The minimum atomic E-state index is -4.61. The van der Waals surface area contributed by atoms with Gasteiger partial charge in [0, 0.05) is 49.3 Å². The smallest absolute Gasteiger partial charge is 0.433 e. The highest BCUT2D eigenvalue weighted by atomic mass is 32.2. The number of hydrogen-bond donors (Lipinski definition) is 1. The van der Waals surface area contributed by atoms with Gasteiger partial charge in [-0.25, -0.2) is 18.6 Å². The van der Waals surface area contributed by atoms with Gasteiger partial charge in [-0.3, -0.25) is 4.79 Å². The van der Waals surface area contributed by atoms with Crippen LogP contribution < -0.4 is 10.5 Å². The van der Waals surface area contributed by atoms with E-state index in [1.54, 1.807) is 23.1 Å². The number of ether oxygens (including phenoxy) is 1. The number of alkyl halides is 3. The maximum Gasteiger partial charge on any atom is 0.433 e. The Morgan fingerprint density at radius 2 is 1.89 bits per heavy atom. The third-order valence-electron chi connectivity index (χ3n) is 5.45. The van der Waals surface area contributed by atoms with E-state index in [1.807, 2.05) is 18.4 Å². The number of methoxy groups -OCH3 is 1. The predicted octanol–water partition coefficient (Wildman–Crippen LogP) is 3.26. The molecule has 0 spiro atoms. The molecule has 188 valence electrons. The van der Waals surface area contributed by atoms with Gasteiger partial charge in [-0.15, -0.1) is 0 Å². The molecule has 1 aliphatic rings. The van der Waals surface area contributed by atoms with Crippen molar-refractivity contribution in [3.8, 4) is 17.2 Å². The summed E-state index contributed by atoms with van der Waals surface area (Å²) in [5, 5.41) is 0.343. The molecule has 3 aromatic rings. The average Bonchev–Trinajstić information content (AvgIpc) is 3.26. The van der Waals surface area contributed by atoms with E-state index in [0.717, 1.165) is 6.07 Å². The molecule has 1 fully saturated rings. The first-order chi connectivity index (χ1) is 16.6. The van der Waals surface area contributed by atoms with Crippen molar-refractivity contribution in [1.82, 2.24) is 23.5 Å². The molecule has 2 aromatic heterocycles. The van der Waals surface area contributed by atoms with Crippen molar-refractivity contribution in [2.75, 3.05) is 47.4 Å². The number of halogens is 3. The third kappa shape index (κ3) is 5.22. The molecule has 0 bridgehead atoms. The lowest BCUT2D eigenvalue weighted by atomic mass is 10.1. The Hall–Kier alpha value is -2.87. The van der Waals surface area contributed by atoms with E-state index in [-0.39, 0.29) is 41.1 Å². The van der Waals surface area contributed by atoms with E-state index >= 15 is 0 Å². The van der Waals surface area contributed by atoms with Gasteiger partial charge in [0.15, 0.2) is 11.5 Å². The molecule has 4 rings (SSSR count). The first-order valence-corrected chi connectivity index (χ1v) is 11.5. The van der Waals surface area contributed by atoms with Gasteiger partial charge in [0.1, 0.15) is 17.0 Å². The second-order valence-electron chi connectivity index (χ2n) is 8.02. The summed E-state index contributed by atoms with van der Waals surface area (Å²) in [4.78, 5) is 23.1. The molecule has 3 heterocycles. The summed E-state index contributed by atoms with van der Waals surface area (Å²) in [5.41, 5.74) is 5.27. The van der Waals surface area contributed by atoms with Gasteiger partial charge in [0.05, 0.1) is 13.7 Å². The number of carbonyl (C=O) groups excluding carboxylic acids is 1. The lowest BCUT2D eigenvalue weighted by Crippen LogP contribution is -2.47. The van der Waals surface area contributed by atoms with Gasteiger partial charge < -0.3 is 19.8 Å². The zero-order valence-corrected chi connectivity index (χ0v) is 20.2. The molecule has 35 heavy (non-hydrogen) atoms. The fourth-order valence-electron chi connectivity index (χ4n) is 3.83. The molecular weight excluding hydrogens is 485 g/mol. The summed E-state index contributed by atoms with van der Waals surface area (Å²) in [6.07, 6.45) is -4.61. The summed E-state index contributed by atoms with van der Waals surface area (Å²) in [6, 6.07) is 5.27. The number of rotatable bonds is 6. The van der Waals surface area contributed by atoms with Crippen LogP contribution in [-0.4, -0.2) is 76.8 Å². The molecule has 2 N–H and O–H groups in total. The zero-order chi connectivity index (χ0) is 25.3. The molecule has 0 aliphatic carbocycles. The van der Waals surface area contributed by atoms with E-state index in [1.165, 1.54) is 19.2 Å². The maximum absolute atomic E-state index is 13.2. The summed E-state index contributed by atoms with van der Waals surface area (Å²) in [6.45, 7) is 2.35. The van der Waals surface area contributed by atoms with Gasteiger partial charge in [0.2, 0.25) is 5.89 Å². The molecule has 1 aliphatic heterocycles. The largest absolute Gasteiger partial charge is 0.494 e. The number of nitrogens with two attached hydrogens (primary N) is 1. The summed E-state index contributed by atoms with van der Waals surface area (Å²) in [7, 11) is 5.26. The topological polar surface area (TPSA) is 101 Å².